The lowest BCUT2D eigenvalue weighted by Crippen LogP contribution is -2.48. The Labute approximate surface area is 123 Å². The predicted molar refractivity (Wildman–Crippen MR) is 84.8 cm³/mol. The second-order valence-corrected chi connectivity index (χ2v) is 6.82. The lowest BCUT2D eigenvalue weighted by molar-refractivity contribution is 0.126. The molecule has 2 heteroatoms. The minimum absolute atomic E-state index is 0.615. The number of rotatable bonds is 3. The molecule has 1 heterocycles. The van der Waals surface area contributed by atoms with Crippen molar-refractivity contribution in [3.05, 3.63) is 35.4 Å². The molecule has 1 aliphatic carbocycles. The van der Waals surface area contributed by atoms with E-state index in [0.29, 0.717) is 6.04 Å². The largest absolute Gasteiger partial charge is 0.308 e. The number of benzene rings is 1. The number of likely N-dealkylation sites (N-methyl/N-ethyl adjacent to an activating group) is 1. The van der Waals surface area contributed by atoms with E-state index in [1.165, 1.54) is 44.2 Å². The third-order valence-electron chi connectivity index (χ3n) is 5.31. The van der Waals surface area contributed by atoms with E-state index in [1.54, 1.807) is 5.56 Å². The van der Waals surface area contributed by atoms with Gasteiger partial charge in [0.1, 0.15) is 0 Å². The Bertz CT molecular complexity index is 443. The molecule has 0 amide bonds. The van der Waals surface area contributed by atoms with Crippen LogP contribution < -0.4 is 5.32 Å². The van der Waals surface area contributed by atoms with E-state index in [2.05, 4.69) is 48.5 Å². The minimum atomic E-state index is 0.615. The molecule has 0 spiro atoms. The predicted octanol–water partition coefficient (Wildman–Crippen LogP) is 3.21. The van der Waals surface area contributed by atoms with E-state index in [1.807, 2.05) is 0 Å². The molecule has 20 heavy (non-hydrogen) atoms. The number of hydrogen-bond acceptors (Lipinski definition) is 2. The molecule has 1 aromatic carbocycles. The van der Waals surface area contributed by atoms with Gasteiger partial charge in [-0.25, -0.2) is 0 Å². The van der Waals surface area contributed by atoms with Crippen molar-refractivity contribution >= 4 is 0 Å². The van der Waals surface area contributed by atoms with Crippen LogP contribution in [0.2, 0.25) is 0 Å². The third-order valence-corrected chi connectivity index (χ3v) is 5.31. The second kappa shape index (κ2) is 6.28. The van der Waals surface area contributed by atoms with Crippen LogP contribution in [-0.4, -0.2) is 30.6 Å². The van der Waals surface area contributed by atoms with Crippen LogP contribution in [0.15, 0.2) is 24.3 Å². The van der Waals surface area contributed by atoms with E-state index < -0.39 is 0 Å². The highest BCUT2D eigenvalue weighted by molar-refractivity contribution is 5.29. The maximum atomic E-state index is 3.72. The Balaban J connectivity index is 1.59. The molecule has 110 valence electrons. The van der Waals surface area contributed by atoms with E-state index in [-0.39, 0.29) is 0 Å². The second-order valence-electron chi connectivity index (χ2n) is 6.82. The first kappa shape index (κ1) is 14.1. The van der Waals surface area contributed by atoms with Crippen LogP contribution in [0.25, 0.3) is 0 Å². The maximum absolute atomic E-state index is 3.72. The van der Waals surface area contributed by atoms with Gasteiger partial charge in [-0.05, 0) is 43.4 Å². The number of hydrogen-bond donors (Lipinski definition) is 1. The molecular weight excluding hydrogens is 244 g/mol. The van der Waals surface area contributed by atoms with Crippen molar-refractivity contribution in [2.24, 2.45) is 5.92 Å². The molecular formula is C18H28N2. The van der Waals surface area contributed by atoms with Crippen LogP contribution in [0.3, 0.4) is 0 Å². The number of fused-ring (bicyclic) bond motifs is 1. The molecule has 1 saturated carbocycles. The molecule has 0 aromatic heterocycles. The zero-order valence-electron chi connectivity index (χ0n) is 12.9. The summed E-state index contributed by atoms with van der Waals surface area (Å²) in [5.74, 6) is 0.865. The Morgan fingerprint density at radius 3 is 2.70 bits per heavy atom. The number of nitrogens with zero attached hydrogens (tertiary/aromatic N) is 1. The molecule has 0 bridgehead atoms. The highest BCUT2D eigenvalue weighted by atomic mass is 15.2. The Morgan fingerprint density at radius 2 is 1.90 bits per heavy atom. The molecule has 1 fully saturated rings. The summed E-state index contributed by atoms with van der Waals surface area (Å²) in [7, 11) is 2.33. The number of nitrogens with one attached hydrogen (secondary N) is 1. The average molecular weight is 272 g/mol. The third kappa shape index (κ3) is 3.07. The van der Waals surface area contributed by atoms with Crippen molar-refractivity contribution in [2.75, 3.05) is 13.6 Å². The van der Waals surface area contributed by atoms with Gasteiger partial charge in [-0.1, -0.05) is 44.0 Å². The molecule has 3 unspecified atom stereocenters. The molecule has 0 radical (unpaired) electrons. The van der Waals surface area contributed by atoms with Crippen LogP contribution >= 0.6 is 0 Å². The van der Waals surface area contributed by atoms with Crippen molar-refractivity contribution in [3.8, 4) is 0 Å². The average Bonchev–Trinajstić information content (AvgIpc) is 2.47. The van der Waals surface area contributed by atoms with Crippen molar-refractivity contribution in [3.63, 3.8) is 0 Å². The van der Waals surface area contributed by atoms with E-state index >= 15 is 0 Å². The normalized spacial score (nSPS) is 30.2. The quantitative estimate of drug-likeness (QED) is 0.909. The molecule has 1 aromatic rings. The highest BCUT2D eigenvalue weighted by Gasteiger charge is 2.27. The van der Waals surface area contributed by atoms with Crippen molar-refractivity contribution in [1.29, 1.82) is 0 Å². The molecule has 3 atom stereocenters. The van der Waals surface area contributed by atoms with Gasteiger partial charge in [0, 0.05) is 25.2 Å². The minimum Gasteiger partial charge on any atom is -0.308 e. The first-order valence-electron chi connectivity index (χ1n) is 8.24. The molecule has 0 saturated heterocycles. The molecule has 2 aliphatic rings. The summed E-state index contributed by atoms with van der Waals surface area (Å²) in [6.45, 7) is 4.65. The molecule has 1 aliphatic heterocycles. The summed E-state index contributed by atoms with van der Waals surface area (Å²) in [5, 5.41) is 3.72. The monoisotopic (exact) mass is 272 g/mol. The van der Waals surface area contributed by atoms with Gasteiger partial charge in [0.25, 0.3) is 0 Å². The van der Waals surface area contributed by atoms with Gasteiger partial charge >= 0.3 is 0 Å². The zero-order chi connectivity index (χ0) is 13.9. The standard InChI is InChI=1S/C18H28N2/c1-14-7-3-6-10-18(14)20(2)13-17-11-15-8-4-5-9-16(15)12-19-17/h4-5,8-9,14,17-19H,3,6-7,10-13H2,1-2H3. The highest BCUT2D eigenvalue weighted by Crippen LogP contribution is 2.28. The van der Waals surface area contributed by atoms with Gasteiger partial charge in [0.2, 0.25) is 0 Å². The van der Waals surface area contributed by atoms with Crippen molar-refractivity contribution in [1.82, 2.24) is 10.2 Å². The molecule has 3 rings (SSSR count). The van der Waals surface area contributed by atoms with Gasteiger partial charge in [-0.15, -0.1) is 0 Å². The summed E-state index contributed by atoms with van der Waals surface area (Å²) < 4.78 is 0. The molecule has 1 N–H and O–H groups in total. The Hall–Kier alpha value is -0.860. The van der Waals surface area contributed by atoms with Crippen LogP contribution in [-0.2, 0) is 13.0 Å². The van der Waals surface area contributed by atoms with Crippen LogP contribution in [0.1, 0.15) is 43.7 Å². The lowest BCUT2D eigenvalue weighted by Gasteiger charge is -2.39. The smallest absolute Gasteiger partial charge is 0.0238 e. The van der Waals surface area contributed by atoms with Gasteiger partial charge in [0.05, 0.1) is 0 Å². The van der Waals surface area contributed by atoms with Crippen molar-refractivity contribution in [2.45, 2.75) is 57.7 Å². The van der Waals surface area contributed by atoms with Crippen LogP contribution in [0.4, 0.5) is 0 Å². The van der Waals surface area contributed by atoms with Gasteiger partial charge < -0.3 is 10.2 Å². The van der Waals surface area contributed by atoms with Gasteiger partial charge in [0.15, 0.2) is 0 Å². The topological polar surface area (TPSA) is 15.3 Å². The van der Waals surface area contributed by atoms with E-state index in [4.69, 9.17) is 0 Å². The fraction of sp³-hybridized carbons (Fsp3) is 0.667. The van der Waals surface area contributed by atoms with Crippen molar-refractivity contribution < 1.29 is 0 Å². The summed E-state index contributed by atoms with van der Waals surface area (Å²) in [6, 6.07) is 10.3. The van der Waals surface area contributed by atoms with E-state index in [0.717, 1.165) is 18.5 Å². The lowest BCUT2D eigenvalue weighted by atomic mass is 9.84. The van der Waals surface area contributed by atoms with E-state index in [9.17, 15) is 0 Å². The fourth-order valence-corrected chi connectivity index (χ4v) is 4.08. The van der Waals surface area contributed by atoms with Gasteiger partial charge in [-0.2, -0.15) is 0 Å². The summed E-state index contributed by atoms with van der Waals surface area (Å²) in [6.07, 6.45) is 6.83. The Morgan fingerprint density at radius 1 is 1.15 bits per heavy atom. The molecule has 2 nitrogen and oxygen atoms in total. The van der Waals surface area contributed by atoms with Crippen LogP contribution in [0, 0.1) is 5.92 Å². The first-order valence-corrected chi connectivity index (χ1v) is 8.24. The maximum Gasteiger partial charge on any atom is 0.0238 e. The SMILES string of the molecule is CC1CCCCC1N(C)CC1Cc2ccccc2CN1. The zero-order valence-corrected chi connectivity index (χ0v) is 12.9. The fourth-order valence-electron chi connectivity index (χ4n) is 4.08. The summed E-state index contributed by atoms with van der Waals surface area (Å²) in [5.41, 5.74) is 3.03. The van der Waals surface area contributed by atoms with Gasteiger partial charge in [-0.3, -0.25) is 0 Å². The Kier molecular flexibility index (Phi) is 4.42. The summed E-state index contributed by atoms with van der Waals surface area (Å²) >= 11 is 0. The van der Waals surface area contributed by atoms with Crippen LogP contribution in [0.5, 0.6) is 0 Å². The summed E-state index contributed by atoms with van der Waals surface area (Å²) in [4.78, 5) is 2.62. The first-order chi connectivity index (χ1) is 9.74.